The van der Waals surface area contributed by atoms with Gasteiger partial charge in [0.05, 0.1) is 7.11 Å². The number of likely N-dealkylation sites (N-methyl/N-ethyl adjacent to an activating group) is 1. The van der Waals surface area contributed by atoms with Gasteiger partial charge in [-0.15, -0.1) is 0 Å². The number of carboxylic acids is 1. The topological polar surface area (TPSA) is 49.8 Å². The van der Waals surface area contributed by atoms with Crippen LogP contribution in [-0.4, -0.2) is 42.2 Å². The number of ether oxygens (including phenoxy) is 1. The van der Waals surface area contributed by atoms with E-state index in [9.17, 15) is 9.90 Å². The van der Waals surface area contributed by atoms with Gasteiger partial charge in [0.2, 0.25) is 0 Å². The van der Waals surface area contributed by atoms with Crippen LogP contribution in [0.15, 0.2) is 24.3 Å². The largest absolute Gasteiger partial charge is 0.496 e. The van der Waals surface area contributed by atoms with E-state index in [1.165, 1.54) is 0 Å². The highest BCUT2D eigenvalue weighted by molar-refractivity contribution is 5.73. The molecule has 0 radical (unpaired) electrons. The van der Waals surface area contributed by atoms with Gasteiger partial charge in [0.1, 0.15) is 11.8 Å². The minimum Gasteiger partial charge on any atom is -0.496 e. The lowest BCUT2D eigenvalue weighted by Crippen LogP contribution is -2.44. The Labute approximate surface area is 121 Å². The van der Waals surface area contributed by atoms with Crippen LogP contribution in [0.2, 0.25) is 0 Å². The van der Waals surface area contributed by atoms with Gasteiger partial charge >= 0.3 is 5.97 Å². The molecule has 1 rings (SSSR count). The Hall–Kier alpha value is -1.55. The number of benzene rings is 1. The number of rotatable bonds is 8. The van der Waals surface area contributed by atoms with Gasteiger partial charge in [-0.3, -0.25) is 9.69 Å². The fraction of sp³-hybridized carbons (Fsp3) is 0.562. The molecule has 20 heavy (non-hydrogen) atoms. The van der Waals surface area contributed by atoms with Crippen molar-refractivity contribution in [2.24, 2.45) is 0 Å². The molecule has 0 amide bonds. The summed E-state index contributed by atoms with van der Waals surface area (Å²) in [5.41, 5.74) is 1.11. The summed E-state index contributed by atoms with van der Waals surface area (Å²) in [6.07, 6.45) is 2.30. The first kappa shape index (κ1) is 16.5. The summed E-state index contributed by atoms with van der Waals surface area (Å²) in [5.74, 6) is 0.108. The normalized spacial score (nSPS) is 14.1. The van der Waals surface area contributed by atoms with Gasteiger partial charge in [-0.25, -0.2) is 0 Å². The summed E-state index contributed by atoms with van der Waals surface area (Å²) in [7, 11) is 3.54. The lowest BCUT2D eigenvalue weighted by molar-refractivity contribution is -0.143. The summed E-state index contributed by atoms with van der Waals surface area (Å²) in [4.78, 5) is 13.3. The van der Waals surface area contributed by atoms with E-state index in [0.29, 0.717) is 6.42 Å². The Balaban J connectivity index is 2.78. The maximum atomic E-state index is 11.3. The molecule has 4 nitrogen and oxygen atoms in total. The highest BCUT2D eigenvalue weighted by atomic mass is 16.5. The number of hydrogen-bond donors (Lipinski definition) is 1. The molecule has 0 aromatic heterocycles. The lowest BCUT2D eigenvalue weighted by Gasteiger charge is -2.30. The first-order chi connectivity index (χ1) is 9.51. The van der Waals surface area contributed by atoms with Crippen LogP contribution in [0.1, 0.15) is 32.3 Å². The van der Waals surface area contributed by atoms with E-state index in [2.05, 4.69) is 6.92 Å². The van der Waals surface area contributed by atoms with Gasteiger partial charge in [0.15, 0.2) is 0 Å². The molecule has 1 N–H and O–H groups in total. The van der Waals surface area contributed by atoms with Crippen LogP contribution in [0.4, 0.5) is 0 Å². The molecule has 112 valence electrons. The van der Waals surface area contributed by atoms with Crippen LogP contribution in [0, 0.1) is 0 Å². The first-order valence-electron chi connectivity index (χ1n) is 7.07. The summed E-state index contributed by atoms with van der Waals surface area (Å²) < 4.78 is 5.35. The van der Waals surface area contributed by atoms with Crippen molar-refractivity contribution in [2.75, 3.05) is 14.2 Å². The SMILES string of the molecule is CCCC(C(=O)O)N(C)C(C)Cc1ccccc1OC. The van der Waals surface area contributed by atoms with Crippen molar-refractivity contribution in [1.82, 2.24) is 4.90 Å². The summed E-state index contributed by atoms with van der Waals surface area (Å²) in [5, 5.41) is 9.32. The highest BCUT2D eigenvalue weighted by Gasteiger charge is 2.25. The average molecular weight is 279 g/mol. The smallest absolute Gasteiger partial charge is 0.320 e. The Morgan fingerprint density at radius 3 is 2.60 bits per heavy atom. The number of nitrogens with zero attached hydrogens (tertiary/aromatic N) is 1. The molecule has 0 heterocycles. The molecule has 1 aromatic rings. The van der Waals surface area contributed by atoms with E-state index in [0.717, 1.165) is 24.2 Å². The Bertz CT molecular complexity index is 433. The number of para-hydroxylation sites is 1. The van der Waals surface area contributed by atoms with Crippen molar-refractivity contribution >= 4 is 5.97 Å². The zero-order chi connectivity index (χ0) is 15.1. The molecule has 0 saturated heterocycles. The fourth-order valence-corrected chi connectivity index (χ4v) is 2.42. The molecule has 1 aromatic carbocycles. The minimum atomic E-state index is -0.749. The molecule has 2 atom stereocenters. The second kappa shape index (κ2) is 7.90. The van der Waals surface area contributed by atoms with Crippen molar-refractivity contribution in [1.29, 1.82) is 0 Å². The number of aliphatic carboxylic acids is 1. The minimum absolute atomic E-state index is 0.138. The predicted octanol–water partition coefficient (Wildman–Crippen LogP) is 2.81. The van der Waals surface area contributed by atoms with Crippen molar-refractivity contribution in [3.05, 3.63) is 29.8 Å². The average Bonchev–Trinajstić information content (AvgIpc) is 2.44. The van der Waals surface area contributed by atoms with E-state index < -0.39 is 12.0 Å². The second-order valence-corrected chi connectivity index (χ2v) is 5.17. The Morgan fingerprint density at radius 1 is 1.40 bits per heavy atom. The maximum Gasteiger partial charge on any atom is 0.320 e. The third-order valence-electron chi connectivity index (χ3n) is 3.74. The van der Waals surface area contributed by atoms with E-state index >= 15 is 0 Å². The Kier molecular flexibility index (Phi) is 6.52. The van der Waals surface area contributed by atoms with Gasteiger partial charge in [0, 0.05) is 6.04 Å². The van der Waals surface area contributed by atoms with E-state index in [-0.39, 0.29) is 6.04 Å². The zero-order valence-corrected chi connectivity index (χ0v) is 12.8. The van der Waals surface area contributed by atoms with Crippen molar-refractivity contribution in [2.45, 2.75) is 45.2 Å². The molecule has 0 aliphatic carbocycles. The molecular weight excluding hydrogens is 254 g/mol. The predicted molar refractivity (Wildman–Crippen MR) is 80.3 cm³/mol. The molecule has 0 bridgehead atoms. The van der Waals surface area contributed by atoms with Crippen LogP contribution >= 0.6 is 0 Å². The molecule has 0 spiro atoms. The number of hydrogen-bond acceptors (Lipinski definition) is 3. The van der Waals surface area contributed by atoms with Crippen LogP contribution < -0.4 is 4.74 Å². The summed E-state index contributed by atoms with van der Waals surface area (Å²) >= 11 is 0. The molecule has 0 saturated carbocycles. The molecule has 4 heteroatoms. The second-order valence-electron chi connectivity index (χ2n) is 5.17. The van der Waals surface area contributed by atoms with Crippen LogP contribution in [0.5, 0.6) is 5.75 Å². The van der Waals surface area contributed by atoms with Gasteiger partial charge < -0.3 is 9.84 Å². The van der Waals surface area contributed by atoms with Crippen molar-refractivity contribution < 1.29 is 14.6 Å². The van der Waals surface area contributed by atoms with Gasteiger partial charge in [0.25, 0.3) is 0 Å². The Morgan fingerprint density at radius 2 is 2.05 bits per heavy atom. The van der Waals surface area contributed by atoms with E-state index in [4.69, 9.17) is 4.74 Å². The number of carboxylic acid groups (broad SMARTS) is 1. The highest BCUT2D eigenvalue weighted by Crippen LogP contribution is 2.21. The zero-order valence-electron chi connectivity index (χ0n) is 12.8. The van der Waals surface area contributed by atoms with Crippen LogP contribution in [0.3, 0.4) is 0 Å². The number of methoxy groups -OCH3 is 1. The third-order valence-corrected chi connectivity index (χ3v) is 3.74. The first-order valence-corrected chi connectivity index (χ1v) is 7.07. The van der Waals surface area contributed by atoms with Crippen molar-refractivity contribution in [3.8, 4) is 5.75 Å². The van der Waals surface area contributed by atoms with Crippen LogP contribution in [0.25, 0.3) is 0 Å². The quantitative estimate of drug-likeness (QED) is 0.795. The van der Waals surface area contributed by atoms with Gasteiger partial charge in [-0.2, -0.15) is 0 Å². The lowest BCUT2D eigenvalue weighted by atomic mass is 10.0. The fourth-order valence-electron chi connectivity index (χ4n) is 2.42. The van der Waals surface area contributed by atoms with Gasteiger partial charge in [-0.05, 0) is 38.4 Å². The van der Waals surface area contributed by atoms with Crippen LogP contribution in [-0.2, 0) is 11.2 Å². The molecule has 0 aliphatic rings. The van der Waals surface area contributed by atoms with E-state index in [1.54, 1.807) is 7.11 Å². The maximum absolute atomic E-state index is 11.3. The summed E-state index contributed by atoms with van der Waals surface area (Å²) in [6, 6.07) is 7.59. The molecule has 0 aliphatic heterocycles. The van der Waals surface area contributed by atoms with E-state index in [1.807, 2.05) is 43.1 Å². The van der Waals surface area contributed by atoms with Crippen molar-refractivity contribution in [3.63, 3.8) is 0 Å². The molecule has 2 unspecified atom stereocenters. The number of carbonyl (C=O) groups is 1. The molecule has 0 fully saturated rings. The van der Waals surface area contributed by atoms with Gasteiger partial charge in [-0.1, -0.05) is 31.5 Å². The third kappa shape index (κ3) is 4.23. The standard InChI is InChI=1S/C16H25NO3/c1-5-8-14(16(18)19)17(3)12(2)11-13-9-6-7-10-15(13)20-4/h6-7,9-10,12,14H,5,8,11H2,1-4H3,(H,18,19). The monoisotopic (exact) mass is 279 g/mol. The summed E-state index contributed by atoms with van der Waals surface area (Å²) in [6.45, 7) is 4.06. The molecular formula is C16H25NO3.